The number of H-pyrrole nitrogens is 2. The van der Waals surface area contributed by atoms with Gasteiger partial charge in [0.2, 0.25) is 5.95 Å². The average molecular weight is 312 g/mol. The molecule has 0 atom stereocenters. The Morgan fingerprint density at radius 2 is 2.13 bits per heavy atom. The molecule has 0 unspecified atom stereocenters. The summed E-state index contributed by atoms with van der Waals surface area (Å²) < 4.78 is 0. The summed E-state index contributed by atoms with van der Waals surface area (Å²) in [5.74, 6) is 2.59. The Hall–Kier alpha value is -2.77. The zero-order valence-corrected chi connectivity index (χ0v) is 13.5. The van der Waals surface area contributed by atoms with Gasteiger partial charge in [0.15, 0.2) is 0 Å². The molecular weight excluding hydrogens is 292 g/mol. The number of hydrogen-bond donors (Lipinski definition) is 3. The van der Waals surface area contributed by atoms with Crippen LogP contribution in [-0.4, -0.2) is 41.9 Å². The normalized spacial score (nSPS) is 11.1. The molecule has 0 fully saturated rings. The third-order valence-corrected chi connectivity index (χ3v) is 3.44. The van der Waals surface area contributed by atoms with Crippen LogP contribution in [0.5, 0.6) is 0 Å². The summed E-state index contributed by atoms with van der Waals surface area (Å²) >= 11 is 0. The van der Waals surface area contributed by atoms with Gasteiger partial charge in [0.1, 0.15) is 11.6 Å². The highest BCUT2D eigenvalue weighted by molar-refractivity contribution is 5.62. The van der Waals surface area contributed by atoms with E-state index in [2.05, 4.69) is 54.5 Å². The Balaban J connectivity index is 1.68. The molecule has 3 N–H and O–H groups in total. The fourth-order valence-corrected chi connectivity index (χ4v) is 2.34. The maximum Gasteiger partial charge on any atom is 0.223 e. The highest BCUT2D eigenvalue weighted by Gasteiger charge is 2.13. The van der Waals surface area contributed by atoms with E-state index in [1.165, 1.54) is 0 Å². The van der Waals surface area contributed by atoms with Crippen molar-refractivity contribution in [2.75, 3.05) is 11.9 Å². The number of anilines is 1. The molecule has 3 aromatic heterocycles. The molecule has 120 valence electrons. The second kappa shape index (κ2) is 6.55. The molecule has 0 aromatic carbocycles. The Morgan fingerprint density at radius 3 is 2.87 bits per heavy atom. The van der Waals surface area contributed by atoms with Gasteiger partial charge < -0.3 is 10.3 Å². The lowest BCUT2D eigenvalue weighted by molar-refractivity contribution is 0.811. The first-order chi connectivity index (χ1) is 11.1. The van der Waals surface area contributed by atoms with E-state index in [-0.39, 0.29) is 0 Å². The van der Waals surface area contributed by atoms with Crippen molar-refractivity contribution in [2.24, 2.45) is 0 Å². The minimum Gasteiger partial charge on any atom is -0.354 e. The molecule has 0 aliphatic rings. The van der Waals surface area contributed by atoms with Crippen molar-refractivity contribution in [3.05, 3.63) is 35.8 Å². The lowest BCUT2D eigenvalue weighted by Gasteiger charge is -2.07. The number of nitrogens with one attached hydrogen (secondary N) is 3. The number of hydrogen-bond acceptors (Lipinski definition) is 6. The number of aromatic nitrogens is 7. The van der Waals surface area contributed by atoms with Gasteiger partial charge in [0.25, 0.3) is 0 Å². The second-order valence-corrected chi connectivity index (χ2v) is 5.64. The van der Waals surface area contributed by atoms with Gasteiger partial charge in [-0.05, 0) is 18.9 Å². The van der Waals surface area contributed by atoms with E-state index < -0.39 is 0 Å². The SMILES string of the molecule is Cc1nnc(CCNc2nccc(-c3c[nH]nc3C(C)C)n2)[nH]1. The first-order valence-corrected chi connectivity index (χ1v) is 7.62. The van der Waals surface area contributed by atoms with Gasteiger partial charge in [-0.2, -0.15) is 5.10 Å². The lowest BCUT2D eigenvalue weighted by Crippen LogP contribution is -2.09. The second-order valence-electron chi connectivity index (χ2n) is 5.64. The monoisotopic (exact) mass is 312 g/mol. The molecule has 0 bridgehead atoms. The van der Waals surface area contributed by atoms with Crippen LogP contribution in [0, 0.1) is 6.92 Å². The van der Waals surface area contributed by atoms with Gasteiger partial charge in [-0.25, -0.2) is 9.97 Å². The van der Waals surface area contributed by atoms with Crippen LogP contribution in [0.2, 0.25) is 0 Å². The van der Waals surface area contributed by atoms with Crippen LogP contribution in [0.15, 0.2) is 18.5 Å². The summed E-state index contributed by atoms with van der Waals surface area (Å²) in [4.78, 5) is 11.9. The number of aromatic amines is 2. The smallest absolute Gasteiger partial charge is 0.223 e. The van der Waals surface area contributed by atoms with Crippen LogP contribution in [-0.2, 0) is 6.42 Å². The van der Waals surface area contributed by atoms with Crippen LogP contribution >= 0.6 is 0 Å². The van der Waals surface area contributed by atoms with E-state index in [1.807, 2.05) is 19.2 Å². The topological polar surface area (TPSA) is 108 Å². The molecule has 0 saturated carbocycles. The molecule has 3 heterocycles. The Bertz CT molecular complexity index is 773. The number of aryl methyl sites for hydroxylation is 1. The summed E-state index contributed by atoms with van der Waals surface area (Å²) in [7, 11) is 0. The van der Waals surface area contributed by atoms with Crippen molar-refractivity contribution in [1.29, 1.82) is 0 Å². The third kappa shape index (κ3) is 3.53. The van der Waals surface area contributed by atoms with Crippen LogP contribution in [0.25, 0.3) is 11.3 Å². The minimum atomic E-state index is 0.331. The lowest BCUT2D eigenvalue weighted by atomic mass is 10.0. The molecule has 0 aliphatic heterocycles. The molecule has 0 radical (unpaired) electrons. The van der Waals surface area contributed by atoms with E-state index in [9.17, 15) is 0 Å². The molecule has 0 saturated heterocycles. The van der Waals surface area contributed by atoms with Gasteiger partial charge in [0.05, 0.1) is 11.4 Å². The van der Waals surface area contributed by atoms with Crippen molar-refractivity contribution < 1.29 is 0 Å². The van der Waals surface area contributed by atoms with E-state index in [1.54, 1.807) is 6.20 Å². The molecule has 3 aromatic rings. The summed E-state index contributed by atoms with van der Waals surface area (Å²) in [6.45, 7) is 6.78. The van der Waals surface area contributed by atoms with Crippen molar-refractivity contribution in [3.63, 3.8) is 0 Å². The third-order valence-electron chi connectivity index (χ3n) is 3.44. The number of nitrogens with zero attached hydrogens (tertiary/aromatic N) is 5. The highest BCUT2D eigenvalue weighted by atomic mass is 15.2. The zero-order valence-electron chi connectivity index (χ0n) is 13.5. The summed E-state index contributed by atoms with van der Waals surface area (Å²) in [6.07, 6.45) is 4.36. The van der Waals surface area contributed by atoms with Gasteiger partial charge in [0, 0.05) is 30.9 Å². The largest absolute Gasteiger partial charge is 0.354 e. The standard InChI is InChI=1S/C15H20N8/c1-9(2)14-11(8-18-23-14)12-4-6-16-15(20-12)17-7-5-13-19-10(3)21-22-13/h4,6,8-9H,5,7H2,1-3H3,(H,18,23)(H,16,17,20)(H,19,21,22). The van der Waals surface area contributed by atoms with Gasteiger partial charge in [-0.3, -0.25) is 5.10 Å². The van der Waals surface area contributed by atoms with Crippen molar-refractivity contribution in [2.45, 2.75) is 33.1 Å². The summed E-state index contributed by atoms with van der Waals surface area (Å²) in [5, 5.41) is 18.4. The predicted octanol–water partition coefficient (Wildman–Crippen LogP) is 2.07. The predicted molar refractivity (Wildman–Crippen MR) is 87.0 cm³/mol. The molecule has 8 heteroatoms. The Labute approximate surface area is 134 Å². The van der Waals surface area contributed by atoms with Crippen LogP contribution in [0.1, 0.15) is 37.1 Å². The molecule has 23 heavy (non-hydrogen) atoms. The van der Waals surface area contributed by atoms with E-state index in [4.69, 9.17) is 0 Å². The van der Waals surface area contributed by atoms with Crippen LogP contribution < -0.4 is 5.32 Å². The van der Waals surface area contributed by atoms with Crippen LogP contribution in [0.3, 0.4) is 0 Å². The van der Waals surface area contributed by atoms with Gasteiger partial charge in [-0.15, -0.1) is 10.2 Å². The zero-order chi connectivity index (χ0) is 16.2. The van der Waals surface area contributed by atoms with Crippen LogP contribution in [0.4, 0.5) is 5.95 Å². The van der Waals surface area contributed by atoms with Crippen molar-refractivity contribution >= 4 is 5.95 Å². The Kier molecular flexibility index (Phi) is 4.31. The maximum absolute atomic E-state index is 4.57. The molecule has 0 spiro atoms. The average Bonchev–Trinajstić information content (AvgIpc) is 3.17. The highest BCUT2D eigenvalue weighted by Crippen LogP contribution is 2.25. The van der Waals surface area contributed by atoms with E-state index >= 15 is 0 Å². The van der Waals surface area contributed by atoms with Crippen molar-refractivity contribution in [1.82, 2.24) is 35.3 Å². The Morgan fingerprint density at radius 1 is 1.26 bits per heavy atom. The molecule has 8 nitrogen and oxygen atoms in total. The summed E-state index contributed by atoms with van der Waals surface area (Å²) in [5.41, 5.74) is 2.87. The molecule has 0 aliphatic carbocycles. The van der Waals surface area contributed by atoms with Gasteiger partial charge in [-0.1, -0.05) is 13.8 Å². The van der Waals surface area contributed by atoms with Gasteiger partial charge >= 0.3 is 0 Å². The minimum absolute atomic E-state index is 0.331. The quantitative estimate of drug-likeness (QED) is 0.643. The first kappa shape index (κ1) is 15.1. The fraction of sp³-hybridized carbons (Fsp3) is 0.400. The molecule has 0 amide bonds. The maximum atomic E-state index is 4.57. The fourth-order valence-electron chi connectivity index (χ4n) is 2.34. The molecule has 3 rings (SSSR count). The van der Waals surface area contributed by atoms with Crippen molar-refractivity contribution in [3.8, 4) is 11.3 Å². The van der Waals surface area contributed by atoms with E-state index in [0.29, 0.717) is 18.4 Å². The van der Waals surface area contributed by atoms with E-state index in [0.717, 1.165) is 35.0 Å². The molecular formula is C15H20N8. The summed E-state index contributed by atoms with van der Waals surface area (Å²) in [6, 6.07) is 1.89. The number of rotatable bonds is 6. The first-order valence-electron chi connectivity index (χ1n) is 7.62.